The van der Waals surface area contributed by atoms with Gasteiger partial charge in [-0.15, -0.1) is 0 Å². The predicted octanol–water partition coefficient (Wildman–Crippen LogP) is 1.68. The number of amides is 1. The van der Waals surface area contributed by atoms with Crippen molar-refractivity contribution >= 4 is 17.7 Å². The second kappa shape index (κ2) is 7.36. The van der Waals surface area contributed by atoms with Crippen LogP contribution in [-0.2, 0) is 17.4 Å². The van der Waals surface area contributed by atoms with Crippen LogP contribution >= 0.6 is 11.8 Å². The zero-order valence-electron chi connectivity index (χ0n) is 12.6. The highest BCUT2D eigenvalue weighted by atomic mass is 32.2. The van der Waals surface area contributed by atoms with E-state index in [4.69, 9.17) is 0 Å². The summed E-state index contributed by atoms with van der Waals surface area (Å²) in [5.41, 5.74) is -3.10. The number of carbonyl (C=O) groups is 1. The molecule has 22 heavy (non-hydrogen) atoms. The number of nitrogens with zero attached hydrogens (tertiary/aromatic N) is 2. The van der Waals surface area contributed by atoms with Crippen LogP contribution in [0, 0.1) is 5.92 Å². The minimum Gasteiger partial charge on any atom is -0.374 e. The minimum atomic E-state index is -4.89. The molecule has 2 unspecified atom stereocenters. The third kappa shape index (κ3) is 4.16. The maximum absolute atomic E-state index is 13.2. The lowest BCUT2D eigenvalue weighted by Crippen LogP contribution is -2.47. The molecule has 0 bridgehead atoms. The fourth-order valence-corrected chi connectivity index (χ4v) is 2.66. The quantitative estimate of drug-likeness (QED) is 0.793. The molecule has 0 saturated carbocycles. The summed E-state index contributed by atoms with van der Waals surface area (Å²) in [6.45, 7) is 1.40. The molecule has 9 heteroatoms. The number of aliphatic hydroxyl groups is 1. The molecule has 1 aromatic rings. The van der Waals surface area contributed by atoms with E-state index >= 15 is 0 Å². The van der Waals surface area contributed by atoms with Gasteiger partial charge in [-0.3, -0.25) is 4.79 Å². The molecule has 0 spiro atoms. The lowest BCUT2D eigenvalue weighted by atomic mass is 9.97. The number of aryl methyl sites for hydroxylation is 1. The summed E-state index contributed by atoms with van der Waals surface area (Å²) in [6, 6.07) is 0. The number of hydrogen-bond donors (Lipinski definition) is 2. The zero-order valence-corrected chi connectivity index (χ0v) is 13.5. The van der Waals surface area contributed by atoms with Gasteiger partial charge in [0.1, 0.15) is 5.82 Å². The largest absolute Gasteiger partial charge is 0.424 e. The second-order valence-electron chi connectivity index (χ2n) is 5.12. The van der Waals surface area contributed by atoms with Gasteiger partial charge in [0.25, 0.3) is 0 Å². The molecule has 2 N–H and O–H groups in total. The first-order chi connectivity index (χ1) is 10.1. The normalized spacial score (nSPS) is 16.1. The lowest BCUT2D eigenvalue weighted by molar-refractivity contribution is -0.272. The van der Waals surface area contributed by atoms with Gasteiger partial charge in [0, 0.05) is 44.1 Å². The number of halogens is 3. The van der Waals surface area contributed by atoms with E-state index < -0.39 is 24.0 Å². The van der Waals surface area contributed by atoms with E-state index in [2.05, 4.69) is 10.3 Å². The van der Waals surface area contributed by atoms with Crippen LogP contribution in [0.2, 0.25) is 0 Å². The summed E-state index contributed by atoms with van der Waals surface area (Å²) >= 11 is 1.48. The van der Waals surface area contributed by atoms with Crippen LogP contribution in [0.3, 0.4) is 0 Å². The van der Waals surface area contributed by atoms with Gasteiger partial charge in [0.15, 0.2) is 0 Å². The van der Waals surface area contributed by atoms with E-state index in [1.807, 2.05) is 6.26 Å². The van der Waals surface area contributed by atoms with Gasteiger partial charge in [-0.2, -0.15) is 24.9 Å². The Morgan fingerprint density at radius 3 is 2.64 bits per heavy atom. The van der Waals surface area contributed by atoms with Crippen molar-refractivity contribution in [3.8, 4) is 0 Å². The number of aromatic nitrogens is 2. The number of rotatable bonds is 7. The number of alkyl halides is 3. The topological polar surface area (TPSA) is 67.2 Å². The van der Waals surface area contributed by atoms with E-state index in [-0.39, 0.29) is 18.4 Å². The SMILES string of the molecule is CSCC(C)C(=O)NCCC(O)(c1nccn1C)C(F)(F)F. The standard InChI is InChI=1S/C13H20F3N3O2S/c1-9(8-22-3)10(20)17-5-4-12(21,13(14,15)16)11-18-6-7-19(11)2/h6-7,9,21H,4-5,8H2,1-3H3,(H,17,20). The summed E-state index contributed by atoms with van der Waals surface area (Å²) in [4.78, 5) is 15.3. The van der Waals surface area contributed by atoms with Crippen LogP contribution < -0.4 is 5.32 Å². The molecule has 1 rings (SSSR count). The molecule has 0 aliphatic heterocycles. The number of nitrogens with one attached hydrogen (secondary N) is 1. The average molecular weight is 339 g/mol. The van der Waals surface area contributed by atoms with Crippen LogP contribution in [0.25, 0.3) is 0 Å². The molecule has 0 aliphatic rings. The van der Waals surface area contributed by atoms with Crippen LogP contribution in [0.1, 0.15) is 19.2 Å². The summed E-state index contributed by atoms with van der Waals surface area (Å²) < 4.78 is 40.8. The summed E-state index contributed by atoms with van der Waals surface area (Å²) in [7, 11) is 1.37. The third-order valence-corrected chi connectivity index (χ3v) is 4.14. The van der Waals surface area contributed by atoms with Gasteiger partial charge in [0.2, 0.25) is 11.5 Å². The Bertz CT molecular complexity index is 507. The Morgan fingerprint density at radius 2 is 2.18 bits per heavy atom. The highest BCUT2D eigenvalue weighted by Gasteiger charge is 2.57. The number of carbonyl (C=O) groups excluding carboxylic acids is 1. The maximum Gasteiger partial charge on any atom is 0.424 e. The Balaban J connectivity index is 2.77. The number of thioether (sulfide) groups is 1. The Kier molecular flexibility index (Phi) is 6.30. The average Bonchev–Trinajstić information content (AvgIpc) is 2.84. The Labute approximate surface area is 131 Å². The summed E-state index contributed by atoms with van der Waals surface area (Å²) in [6.07, 6.45) is -1.23. The van der Waals surface area contributed by atoms with Crippen molar-refractivity contribution in [2.45, 2.75) is 25.1 Å². The Hall–Kier alpha value is -1.22. The van der Waals surface area contributed by atoms with Crippen LogP contribution in [0.4, 0.5) is 13.2 Å². The van der Waals surface area contributed by atoms with Crippen molar-refractivity contribution in [2.75, 3.05) is 18.6 Å². The van der Waals surface area contributed by atoms with Gasteiger partial charge in [-0.05, 0) is 6.26 Å². The first kappa shape index (κ1) is 18.8. The maximum atomic E-state index is 13.2. The Morgan fingerprint density at radius 1 is 1.55 bits per heavy atom. The van der Waals surface area contributed by atoms with Gasteiger partial charge in [0.05, 0.1) is 0 Å². The molecule has 1 amide bonds. The van der Waals surface area contributed by atoms with Gasteiger partial charge < -0.3 is 15.0 Å². The minimum absolute atomic E-state index is 0.291. The van der Waals surface area contributed by atoms with Crippen LogP contribution in [0.15, 0.2) is 12.4 Å². The lowest BCUT2D eigenvalue weighted by Gasteiger charge is -2.30. The molecule has 0 fully saturated rings. The van der Waals surface area contributed by atoms with E-state index in [0.717, 1.165) is 4.57 Å². The highest BCUT2D eigenvalue weighted by Crippen LogP contribution is 2.40. The van der Waals surface area contributed by atoms with Crippen LogP contribution in [-0.4, -0.2) is 45.3 Å². The molecule has 0 saturated heterocycles. The van der Waals surface area contributed by atoms with Crippen molar-refractivity contribution in [1.82, 2.24) is 14.9 Å². The summed E-state index contributed by atoms with van der Waals surface area (Å²) in [5, 5.41) is 12.5. The molecule has 1 heterocycles. The first-order valence-electron chi connectivity index (χ1n) is 6.67. The highest BCUT2D eigenvalue weighted by molar-refractivity contribution is 7.98. The molecule has 0 aromatic carbocycles. The number of hydrogen-bond acceptors (Lipinski definition) is 4. The zero-order chi connectivity index (χ0) is 17.0. The molecular formula is C13H20F3N3O2S. The van der Waals surface area contributed by atoms with Gasteiger partial charge >= 0.3 is 6.18 Å². The van der Waals surface area contributed by atoms with E-state index in [1.54, 1.807) is 6.92 Å². The molecular weight excluding hydrogens is 319 g/mol. The van der Waals surface area contributed by atoms with E-state index in [0.29, 0.717) is 5.75 Å². The smallest absolute Gasteiger partial charge is 0.374 e. The van der Waals surface area contributed by atoms with Crippen LogP contribution in [0.5, 0.6) is 0 Å². The van der Waals surface area contributed by atoms with Crippen molar-refractivity contribution in [3.63, 3.8) is 0 Å². The molecule has 2 atom stereocenters. The molecule has 0 radical (unpaired) electrons. The molecule has 1 aromatic heterocycles. The predicted molar refractivity (Wildman–Crippen MR) is 78.3 cm³/mol. The fourth-order valence-electron chi connectivity index (χ4n) is 2.01. The molecule has 126 valence electrons. The second-order valence-corrected chi connectivity index (χ2v) is 6.03. The van der Waals surface area contributed by atoms with Crippen molar-refractivity contribution in [1.29, 1.82) is 0 Å². The fraction of sp³-hybridized carbons (Fsp3) is 0.692. The molecule has 5 nitrogen and oxygen atoms in total. The monoisotopic (exact) mass is 339 g/mol. The van der Waals surface area contributed by atoms with E-state index in [1.165, 1.54) is 31.2 Å². The van der Waals surface area contributed by atoms with Crippen molar-refractivity contribution in [3.05, 3.63) is 18.2 Å². The third-order valence-electron chi connectivity index (χ3n) is 3.31. The first-order valence-corrected chi connectivity index (χ1v) is 8.06. The van der Waals surface area contributed by atoms with Crippen molar-refractivity contribution < 1.29 is 23.1 Å². The van der Waals surface area contributed by atoms with Crippen molar-refractivity contribution in [2.24, 2.45) is 13.0 Å². The van der Waals surface area contributed by atoms with Gasteiger partial charge in [-0.1, -0.05) is 6.92 Å². The number of imidazole rings is 1. The summed E-state index contributed by atoms with van der Waals surface area (Å²) in [5.74, 6) is -0.554. The van der Waals surface area contributed by atoms with E-state index in [9.17, 15) is 23.1 Å². The molecule has 0 aliphatic carbocycles. The van der Waals surface area contributed by atoms with Gasteiger partial charge in [-0.25, -0.2) is 4.98 Å².